The lowest BCUT2D eigenvalue weighted by Crippen LogP contribution is -2.41. The third-order valence-electron chi connectivity index (χ3n) is 5.00. The first-order valence-corrected chi connectivity index (χ1v) is 9.70. The lowest BCUT2D eigenvalue weighted by Gasteiger charge is -2.31. The Morgan fingerprint density at radius 1 is 1.15 bits per heavy atom. The summed E-state index contributed by atoms with van der Waals surface area (Å²) in [5, 5.41) is 0. The average molecular weight is 369 g/mol. The molecule has 1 saturated heterocycles. The molecule has 1 aliphatic heterocycles. The molecule has 6 nitrogen and oxygen atoms in total. The number of carbonyl (C=O) groups is 2. The smallest absolute Gasteiger partial charge is 0.309 e. The van der Waals surface area contributed by atoms with Gasteiger partial charge in [-0.3, -0.25) is 14.6 Å². The summed E-state index contributed by atoms with van der Waals surface area (Å²) in [5.74, 6) is -0.200. The van der Waals surface area contributed by atoms with Crippen molar-refractivity contribution in [1.82, 2.24) is 14.5 Å². The SMILES string of the molecule is CCCn1cc(-c2ccncc2)cc1C(=O)N1CCC(C(=O)OCC)CC1. The highest BCUT2D eigenvalue weighted by Crippen LogP contribution is 2.25. The van der Waals surface area contributed by atoms with Gasteiger partial charge in [-0.1, -0.05) is 6.92 Å². The van der Waals surface area contributed by atoms with Gasteiger partial charge in [0.2, 0.25) is 0 Å². The number of pyridine rings is 1. The molecular weight excluding hydrogens is 342 g/mol. The van der Waals surface area contributed by atoms with Gasteiger partial charge in [-0.05, 0) is 49.9 Å². The molecule has 0 saturated carbocycles. The Morgan fingerprint density at radius 2 is 1.85 bits per heavy atom. The molecule has 1 aliphatic rings. The number of hydrogen-bond donors (Lipinski definition) is 0. The van der Waals surface area contributed by atoms with E-state index in [-0.39, 0.29) is 17.8 Å². The van der Waals surface area contributed by atoms with E-state index >= 15 is 0 Å². The van der Waals surface area contributed by atoms with Crippen molar-refractivity contribution in [3.8, 4) is 11.1 Å². The van der Waals surface area contributed by atoms with Crippen LogP contribution in [0.15, 0.2) is 36.8 Å². The van der Waals surface area contributed by atoms with Crippen LogP contribution >= 0.6 is 0 Å². The monoisotopic (exact) mass is 369 g/mol. The Hall–Kier alpha value is -2.63. The molecule has 0 aromatic carbocycles. The zero-order valence-corrected chi connectivity index (χ0v) is 16.1. The van der Waals surface area contributed by atoms with Crippen LogP contribution in [-0.2, 0) is 16.1 Å². The van der Waals surface area contributed by atoms with Gasteiger partial charge in [0.05, 0.1) is 12.5 Å². The van der Waals surface area contributed by atoms with Crippen molar-refractivity contribution in [3.63, 3.8) is 0 Å². The average Bonchev–Trinajstić information content (AvgIpc) is 3.13. The maximum Gasteiger partial charge on any atom is 0.309 e. The number of piperidine rings is 1. The molecule has 0 bridgehead atoms. The van der Waals surface area contributed by atoms with Crippen LogP contribution in [0.2, 0.25) is 0 Å². The van der Waals surface area contributed by atoms with Crippen molar-refractivity contribution in [2.75, 3.05) is 19.7 Å². The maximum atomic E-state index is 13.1. The molecule has 0 radical (unpaired) electrons. The molecule has 144 valence electrons. The van der Waals surface area contributed by atoms with Crippen molar-refractivity contribution in [2.45, 2.75) is 39.7 Å². The standard InChI is InChI=1S/C21H27N3O3/c1-3-11-24-15-18(16-5-9-22-10-6-16)14-19(24)20(25)23-12-7-17(8-13-23)21(26)27-4-2/h5-6,9-10,14-15,17H,3-4,7-8,11-13H2,1-2H3. The normalized spacial score (nSPS) is 15.0. The third-order valence-corrected chi connectivity index (χ3v) is 5.00. The Morgan fingerprint density at radius 3 is 2.48 bits per heavy atom. The summed E-state index contributed by atoms with van der Waals surface area (Å²) in [7, 11) is 0. The van der Waals surface area contributed by atoms with Gasteiger partial charge in [0.1, 0.15) is 5.69 Å². The number of aromatic nitrogens is 2. The topological polar surface area (TPSA) is 64.4 Å². The second-order valence-corrected chi connectivity index (χ2v) is 6.86. The number of esters is 1. The van der Waals surface area contributed by atoms with Crippen LogP contribution in [0.25, 0.3) is 11.1 Å². The summed E-state index contributed by atoms with van der Waals surface area (Å²) in [6.07, 6.45) is 7.84. The molecule has 6 heteroatoms. The molecule has 3 heterocycles. The van der Waals surface area contributed by atoms with Gasteiger partial charge in [-0.15, -0.1) is 0 Å². The number of carbonyl (C=O) groups excluding carboxylic acids is 2. The number of aryl methyl sites for hydroxylation is 1. The second kappa shape index (κ2) is 8.84. The van der Waals surface area contributed by atoms with Gasteiger partial charge in [0, 0.05) is 43.8 Å². The third kappa shape index (κ3) is 4.38. The van der Waals surface area contributed by atoms with Crippen LogP contribution in [0.4, 0.5) is 0 Å². The molecule has 2 aromatic heterocycles. The molecule has 3 rings (SSSR count). The summed E-state index contributed by atoms with van der Waals surface area (Å²) in [4.78, 5) is 30.9. The van der Waals surface area contributed by atoms with Crippen molar-refractivity contribution in [3.05, 3.63) is 42.5 Å². The predicted molar refractivity (Wildman–Crippen MR) is 103 cm³/mol. The van der Waals surface area contributed by atoms with Gasteiger partial charge >= 0.3 is 5.97 Å². The Labute approximate surface area is 160 Å². The fraction of sp³-hybridized carbons (Fsp3) is 0.476. The largest absolute Gasteiger partial charge is 0.466 e. The molecule has 0 unspecified atom stereocenters. The van der Waals surface area contributed by atoms with Gasteiger partial charge in [0.15, 0.2) is 0 Å². The van der Waals surface area contributed by atoms with Crippen molar-refractivity contribution < 1.29 is 14.3 Å². The Bertz CT molecular complexity index is 777. The quantitative estimate of drug-likeness (QED) is 0.732. The summed E-state index contributed by atoms with van der Waals surface area (Å²) >= 11 is 0. The molecular formula is C21H27N3O3. The first-order chi connectivity index (χ1) is 13.1. The van der Waals surface area contributed by atoms with E-state index in [9.17, 15) is 9.59 Å². The first kappa shape index (κ1) is 19.1. The lowest BCUT2D eigenvalue weighted by atomic mass is 9.97. The summed E-state index contributed by atoms with van der Waals surface area (Å²) in [6.45, 7) is 6.30. The minimum atomic E-state index is -0.140. The van der Waals surface area contributed by atoms with E-state index in [2.05, 4.69) is 11.9 Å². The van der Waals surface area contributed by atoms with E-state index in [1.165, 1.54) is 0 Å². The zero-order chi connectivity index (χ0) is 19.2. The highest BCUT2D eigenvalue weighted by molar-refractivity contribution is 5.94. The Balaban J connectivity index is 1.74. The minimum absolute atomic E-state index is 0.0334. The number of amides is 1. The van der Waals surface area contributed by atoms with Gasteiger partial charge in [-0.2, -0.15) is 0 Å². The number of nitrogens with zero attached hydrogens (tertiary/aromatic N) is 3. The Kier molecular flexibility index (Phi) is 6.27. The van der Waals surface area contributed by atoms with Crippen LogP contribution in [0, 0.1) is 5.92 Å². The molecule has 27 heavy (non-hydrogen) atoms. The highest BCUT2D eigenvalue weighted by atomic mass is 16.5. The van der Waals surface area contributed by atoms with Gasteiger partial charge in [-0.25, -0.2) is 0 Å². The summed E-state index contributed by atoms with van der Waals surface area (Å²) < 4.78 is 7.15. The highest BCUT2D eigenvalue weighted by Gasteiger charge is 2.29. The molecule has 1 amide bonds. The zero-order valence-electron chi connectivity index (χ0n) is 16.1. The van der Waals surface area contributed by atoms with E-state index < -0.39 is 0 Å². The van der Waals surface area contributed by atoms with Crippen LogP contribution in [0.1, 0.15) is 43.6 Å². The maximum absolute atomic E-state index is 13.1. The molecule has 0 spiro atoms. The van der Waals surface area contributed by atoms with E-state index in [1.807, 2.05) is 40.8 Å². The van der Waals surface area contributed by atoms with Crippen molar-refractivity contribution in [1.29, 1.82) is 0 Å². The first-order valence-electron chi connectivity index (χ1n) is 9.70. The number of hydrogen-bond acceptors (Lipinski definition) is 4. The molecule has 2 aromatic rings. The lowest BCUT2D eigenvalue weighted by molar-refractivity contribution is -0.149. The van der Waals surface area contributed by atoms with Crippen LogP contribution in [0.5, 0.6) is 0 Å². The van der Waals surface area contributed by atoms with Crippen molar-refractivity contribution in [2.24, 2.45) is 5.92 Å². The fourth-order valence-corrected chi connectivity index (χ4v) is 3.56. The second-order valence-electron chi connectivity index (χ2n) is 6.86. The fourth-order valence-electron chi connectivity index (χ4n) is 3.56. The van der Waals surface area contributed by atoms with Crippen LogP contribution in [-0.4, -0.2) is 46.0 Å². The number of ether oxygens (including phenoxy) is 1. The minimum Gasteiger partial charge on any atom is -0.466 e. The molecule has 0 atom stereocenters. The number of likely N-dealkylation sites (tertiary alicyclic amines) is 1. The summed E-state index contributed by atoms with van der Waals surface area (Å²) in [6, 6.07) is 5.86. The van der Waals surface area contributed by atoms with E-state index in [0.29, 0.717) is 38.2 Å². The van der Waals surface area contributed by atoms with Crippen molar-refractivity contribution >= 4 is 11.9 Å². The van der Waals surface area contributed by atoms with Crippen LogP contribution in [0.3, 0.4) is 0 Å². The predicted octanol–water partition coefficient (Wildman–Crippen LogP) is 3.38. The van der Waals surface area contributed by atoms with E-state index in [1.54, 1.807) is 12.4 Å². The molecule has 1 fully saturated rings. The molecule has 0 N–H and O–H groups in total. The molecule has 0 aliphatic carbocycles. The summed E-state index contributed by atoms with van der Waals surface area (Å²) in [5.41, 5.74) is 2.78. The van der Waals surface area contributed by atoms with Gasteiger partial charge < -0.3 is 14.2 Å². The van der Waals surface area contributed by atoms with E-state index in [0.717, 1.165) is 24.1 Å². The van der Waals surface area contributed by atoms with E-state index in [4.69, 9.17) is 4.74 Å². The van der Waals surface area contributed by atoms with Gasteiger partial charge in [0.25, 0.3) is 5.91 Å². The van der Waals surface area contributed by atoms with Crippen LogP contribution < -0.4 is 0 Å². The number of rotatable bonds is 6.